The zero-order valence-corrected chi connectivity index (χ0v) is 12.5. The lowest BCUT2D eigenvalue weighted by molar-refractivity contribution is 0.000341. The average molecular weight is 302 g/mol. The van der Waals surface area contributed by atoms with Crippen LogP contribution in [0.25, 0.3) is 0 Å². The van der Waals surface area contributed by atoms with Gasteiger partial charge in [0.15, 0.2) is 0 Å². The summed E-state index contributed by atoms with van der Waals surface area (Å²) in [6.45, 7) is 4.10. The number of carbonyl (C=O) groups is 1. The number of aliphatic hydroxyl groups is 1. The van der Waals surface area contributed by atoms with Gasteiger partial charge in [0, 0.05) is 11.6 Å². The van der Waals surface area contributed by atoms with Crippen molar-refractivity contribution in [1.82, 2.24) is 4.90 Å². The zero-order chi connectivity index (χ0) is 14.2. The average Bonchev–Trinajstić information content (AvgIpc) is 2.76. The number of nitrogens with zero attached hydrogens (tertiary/aromatic N) is 1. The number of rotatable bonds is 2. The molecule has 0 spiro atoms. The van der Waals surface area contributed by atoms with Crippen LogP contribution in [0.15, 0.2) is 18.2 Å². The van der Waals surface area contributed by atoms with Crippen molar-refractivity contribution in [3.05, 3.63) is 33.8 Å². The van der Waals surface area contributed by atoms with Crippen molar-refractivity contribution in [1.29, 1.82) is 0 Å². The Balaban J connectivity index is 2.28. The van der Waals surface area contributed by atoms with Crippen molar-refractivity contribution >= 4 is 29.1 Å². The fraction of sp³-hybridized carbons (Fsp3) is 0.500. The third-order valence-electron chi connectivity index (χ3n) is 3.49. The summed E-state index contributed by atoms with van der Waals surface area (Å²) in [5.41, 5.74) is -0.479. The summed E-state index contributed by atoms with van der Waals surface area (Å²) < 4.78 is 0. The number of halogens is 2. The van der Waals surface area contributed by atoms with Gasteiger partial charge in [0.2, 0.25) is 0 Å². The number of hydrogen-bond acceptors (Lipinski definition) is 2. The lowest BCUT2D eigenvalue weighted by Gasteiger charge is -2.34. The molecule has 1 fully saturated rings. The van der Waals surface area contributed by atoms with E-state index < -0.39 is 5.60 Å². The number of hydrogen-bond donors (Lipinski definition) is 1. The zero-order valence-electron chi connectivity index (χ0n) is 11.0. The van der Waals surface area contributed by atoms with Gasteiger partial charge in [-0.05, 0) is 44.9 Å². The highest BCUT2D eigenvalue weighted by Crippen LogP contribution is 2.30. The second-order valence-corrected chi connectivity index (χ2v) is 6.28. The molecule has 1 aliphatic heterocycles. The first-order valence-corrected chi connectivity index (χ1v) is 7.04. The minimum Gasteiger partial charge on any atom is -0.388 e. The van der Waals surface area contributed by atoms with Crippen molar-refractivity contribution in [2.45, 2.75) is 38.3 Å². The van der Waals surface area contributed by atoms with Crippen molar-refractivity contribution in [3.8, 4) is 0 Å². The van der Waals surface area contributed by atoms with Crippen LogP contribution in [-0.4, -0.2) is 34.1 Å². The van der Waals surface area contributed by atoms with Crippen LogP contribution in [-0.2, 0) is 0 Å². The Morgan fingerprint density at radius 3 is 2.68 bits per heavy atom. The van der Waals surface area contributed by atoms with E-state index in [2.05, 4.69) is 0 Å². The van der Waals surface area contributed by atoms with Gasteiger partial charge in [0.05, 0.1) is 22.2 Å². The summed E-state index contributed by atoms with van der Waals surface area (Å²) >= 11 is 11.9. The van der Waals surface area contributed by atoms with Gasteiger partial charge < -0.3 is 10.0 Å². The van der Waals surface area contributed by atoms with Gasteiger partial charge in [-0.3, -0.25) is 4.79 Å². The molecule has 19 heavy (non-hydrogen) atoms. The Morgan fingerprint density at radius 1 is 1.42 bits per heavy atom. The Bertz CT molecular complexity index is 497. The predicted molar refractivity (Wildman–Crippen MR) is 76.8 cm³/mol. The smallest absolute Gasteiger partial charge is 0.255 e. The third-order valence-corrected chi connectivity index (χ3v) is 4.04. The third kappa shape index (κ3) is 3.04. The molecule has 1 aliphatic rings. The first-order valence-electron chi connectivity index (χ1n) is 6.29. The molecule has 1 N–H and O–H groups in total. The molecule has 3 nitrogen and oxygen atoms in total. The molecule has 1 amide bonds. The first-order chi connectivity index (χ1) is 8.80. The van der Waals surface area contributed by atoms with Crippen LogP contribution in [0.2, 0.25) is 10.0 Å². The van der Waals surface area contributed by atoms with E-state index in [0.717, 1.165) is 12.8 Å². The van der Waals surface area contributed by atoms with Gasteiger partial charge >= 0.3 is 0 Å². The first kappa shape index (κ1) is 14.6. The molecule has 0 aliphatic carbocycles. The van der Waals surface area contributed by atoms with Crippen LogP contribution >= 0.6 is 23.2 Å². The van der Waals surface area contributed by atoms with E-state index in [0.29, 0.717) is 22.2 Å². The number of benzene rings is 1. The summed E-state index contributed by atoms with van der Waals surface area (Å²) in [7, 11) is 0. The SMILES string of the molecule is CC(C)(O)C1CCCN1C(=O)c1ccc(Cl)cc1Cl. The Hall–Kier alpha value is -0.770. The molecule has 0 radical (unpaired) electrons. The molecular formula is C14H17Cl2NO2. The van der Waals surface area contributed by atoms with Crippen molar-refractivity contribution in [3.63, 3.8) is 0 Å². The van der Waals surface area contributed by atoms with E-state index in [4.69, 9.17) is 23.2 Å². The van der Waals surface area contributed by atoms with Crippen LogP contribution < -0.4 is 0 Å². The lowest BCUT2D eigenvalue weighted by Crippen LogP contribution is -2.48. The lowest BCUT2D eigenvalue weighted by atomic mass is 9.96. The van der Waals surface area contributed by atoms with E-state index in [1.54, 1.807) is 36.9 Å². The maximum Gasteiger partial charge on any atom is 0.255 e. The molecule has 1 unspecified atom stereocenters. The van der Waals surface area contributed by atoms with Crippen LogP contribution in [0, 0.1) is 0 Å². The van der Waals surface area contributed by atoms with E-state index >= 15 is 0 Å². The number of carbonyl (C=O) groups excluding carboxylic acids is 1. The highest BCUT2D eigenvalue weighted by Gasteiger charge is 2.39. The summed E-state index contributed by atoms with van der Waals surface area (Å²) in [6, 6.07) is 4.67. The highest BCUT2D eigenvalue weighted by molar-refractivity contribution is 6.36. The molecule has 1 aromatic rings. The van der Waals surface area contributed by atoms with Crippen LogP contribution in [0.4, 0.5) is 0 Å². The minimum atomic E-state index is -0.912. The van der Waals surface area contributed by atoms with Gasteiger partial charge in [-0.1, -0.05) is 23.2 Å². The minimum absolute atomic E-state index is 0.147. The molecular weight excluding hydrogens is 285 g/mol. The number of likely N-dealkylation sites (tertiary alicyclic amines) is 1. The maximum atomic E-state index is 12.5. The summed E-state index contributed by atoms with van der Waals surface area (Å²) in [5, 5.41) is 11.0. The molecule has 0 saturated carbocycles. The molecule has 1 heterocycles. The van der Waals surface area contributed by atoms with Crippen LogP contribution in [0.5, 0.6) is 0 Å². The van der Waals surface area contributed by atoms with E-state index in [-0.39, 0.29) is 11.9 Å². The van der Waals surface area contributed by atoms with E-state index in [1.807, 2.05) is 0 Å². The largest absolute Gasteiger partial charge is 0.388 e. The maximum absolute atomic E-state index is 12.5. The Morgan fingerprint density at radius 2 is 2.11 bits per heavy atom. The molecule has 104 valence electrons. The second kappa shape index (κ2) is 5.31. The fourth-order valence-electron chi connectivity index (χ4n) is 2.56. The molecule has 1 aromatic carbocycles. The molecule has 1 atom stereocenters. The predicted octanol–water partition coefficient (Wildman–Crippen LogP) is 3.37. The van der Waals surface area contributed by atoms with Crippen molar-refractivity contribution in [2.75, 3.05) is 6.54 Å². The van der Waals surface area contributed by atoms with E-state index in [9.17, 15) is 9.90 Å². The molecule has 1 saturated heterocycles. The van der Waals surface area contributed by atoms with Crippen LogP contribution in [0.1, 0.15) is 37.0 Å². The van der Waals surface area contributed by atoms with Gasteiger partial charge in [-0.25, -0.2) is 0 Å². The van der Waals surface area contributed by atoms with Crippen LogP contribution in [0.3, 0.4) is 0 Å². The molecule has 2 rings (SSSR count). The van der Waals surface area contributed by atoms with Crippen molar-refractivity contribution in [2.24, 2.45) is 0 Å². The Kier molecular flexibility index (Phi) is 4.09. The Labute approximate surface area is 123 Å². The standard InChI is InChI=1S/C14H17Cl2NO2/c1-14(2,19)12-4-3-7-17(12)13(18)10-6-5-9(15)8-11(10)16/h5-6,8,12,19H,3-4,7H2,1-2H3. The topological polar surface area (TPSA) is 40.5 Å². The van der Waals surface area contributed by atoms with Gasteiger partial charge in [-0.15, -0.1) is 0 Å². The normalized spacial score (nSPS) is 19.8. The summed E-state index contributed by atoms with van der Waals surface area (Å²) in [4.78, 5) is 14.2. The van der Waals surface area contributed by atoms with E-state index in [1.165, 1.54) is 0 Å². The fourth-order valence-corrected chi connectivity index (χ4v) is 3.05. The van der Waals surface area contributed by atoms with Gasteiger partial charge in [0.1, 0.15) is 0 Å². The van der Waals surface area contributed by atoms with Gasteiger partial charge in [-0.2, -0.15) is 0 Å². The monoisotopic (exact) mass is 301 g/mol. The number of amides is 1. The molecule has 0 bridgehead atoms. The highest BCUT2D eigenvalue weighted by atomic mass is 35.5. The van der Waals surface area contributed by atoms with Crippen molar-refractivity contribution < 1.29 is 9.90 Å². The summed E-state index contributed by atoms with van der Waals surface area (Å²) in [5.74, 6) is -0.147. The molecule has 0 aromatic heterocycles. The van der Waals surface area contributed by atoms with Gasteiger partial charge in [0.25, 0.3) is 5.91 Å². The molecule has 5 heteroatoms. The summed E-state index contributed by atoms with van der Waals surface area (Å²) in [6.07, 6.45) is 1.70. The quantitative estimate of drug-likeness (QED) is 0.910. The second-order valence-electron chi connectivity index (χ2n) is 5.43.